The molecule has 3 rings (SSSR count). The van der Waals surface area contributed by atoms with E-state index in [0.717, 1.165) is 25.9 Å². The number of hydrogen-bond acceptors (Lipinski definition) is 3. The first-order valence-electron chi connectivity index (χ1n) is 6.36. The van der Waals surface area contributed by atoms with Gasteiger partial charge in [-0.1, -0.05) is 12.1 Å². The number of rotatable bonds is 1. The summed E-state index contributed by atoms with van der Waals surface area (Å²) < 4.78 is 0. The van der Waals surface area contributed by atoms with Crippen LogP contribution in [0, 0.1) is 0 Å². The molecule has 0 aliphatic carbocycles. The Kier molecular flexibility index (Phi) is 2.70. The van der Waals surface area contributed by atoms with Gasteiger partial charge in [0.2, 0.25) is 0 Å². The highest BCUT2D eigenvalue weighted by atomic mass is 16.3. The zero-order valence-corrected chi connectivity index (χ0v) is 10.1. The van der Waals surface area contributed by atoms with Crippen molar-refractivity contribution >= 4 is 16.6 Å². The Hall–Kier alpha value is -1.97. The monoisotopic (exact) mass is 244 g/mol. The van der Waals surface area contributed by atoms with E-state index in [-0.39, 0.29) is 11.3 Å². The lowest BCUT2D eigenvalue weighted by Crippen LogP contribution is -2.33. The second-order valence-corrected chi connectivity index (χ2v) is 4.74. The van der Waals surface area contributed by atoms with Crippen LogP contribution in [0.2, 0.25) is 0 Å². The first-order valence-corrected chi connectivity index (χ1v) is 6.36. The summed E-state index contributed by atoms with van der Waals surface area (Å²) in [6.45, 7) is 1.68. The molecule has 18 heavy (non-hydrogen) atoms. The Labute approximate surface area is 105 Å². The van der Waals surface area contributed by atoms with Crippen LogP contribution in [0.25, 0.3) is 10.9 Å². The molecule has 2 N–H and O–H groups in total. The molecule has 1 fully saturated rings. The fraction of sp³-hybridized carbons (Fsp3) is 0.357. The molecule has 1 aromatic carbocycles. The van der Waals surface area contributed by atoms with E-state index in [9.17, 15) is 9.90 Å². The van der Waals surface area contributed by atoms with Gasteiger partial charge in [0.05, 0.1) is 5.52 Å². The van der Waals surface area contributed by atoms with Gasteiger partial charge >= 0.3 is 0 Å². The van der Waals surface area contributed by atoms with Gasteiger partial charge in [-0.2, -0.15) is 0 Å². The lowest BCUT2D eigenvalue weighted by atomic mass is 10.1. The number of aromatic nitrogens is 1. The normalized spacial score (nSPS) is 16.1. The van der Waals surface area contributed by atoms with E-state index in [1.54, 1.807) is 6.07 Å². The number of H-pyrrole nitrogens is 1. The number of aromatic hydroxyl groups is 1. The molecular weight excluding hydrogens is 228 g/mol. The van der Waals surface area contributed by atoms with Gasteiger partial charge in [-0.3, -0.25) is 4.79 Å². The van der Waals surface area contributed by atoms with E-state index in [1.807, 2.05) is 23.1 Å². The first-order chi connectivity index (χ1) is 8.77. The van der Waals surface area contributed by atoms with Gasteiger partial charge in [0.25, 0.3) is 5.56 Å². The second-order valence-electron chi connectivity index (χ2n) is 4.74. The van der Waals surface area contributed by atoms with Crippen molar-refractivity contribution in [2.24, 2.45) is 0 Å². The maximum absolute atomic E-state index is 12.1. The van der Waals surface area contributed by atoms with Crippen LogP contribution in [0.3, 0.4) is 0 Å². The number of pyridine rings is 1. The highest BCUT2D eigenvalue weighted by Crippen LogP contribution is 2.31. The predicted molar refractivity (Wildman–Crippen MR) is 72.3 cm³/mol. The van der Waals surface area contributed by atoms with Crippen molar-refractivity contribution in [2.45, 2.75) is 19.3 Å². The molecule has 1 aliphatic rings. The van der Waals surface area contributed by atoms with Gasteiger partial charge < -0.3 is 15.0 Å². The van der Waals surface area contributed by atoms with Crippen molar-refractivity contribution in [1.29, 1.82) is 0 Å². The predicted octanol–water partition coefficient (Wildman–Crippen LogP) is 2.22. The SMILES string of the molecule is O=c1[nH]c2ccccc2c(O)c1N1CCCCC1. The highest BCUT2D eigenvalue weighted by Gasteiger charge is 2.19. The smallest absolute Gasteiger partial charge is 0.275 e. The first kappa shape index (κ1) is 11.1. The zero-order valence-electron chi connectivity index (χ0n) is 10.1. The largest absolute Gasteiger partial charge is 0.505 e. The fourth-order valence-corrected chi connectivity index (χ4v) is 2.63. The van der Waals surface area contributed by atoms with Crippen LogP contribution in [0.1, 0.15) is 19.3 Å². The number of anilines is 1. The van der Waals surface area contributed by atoms with Crippen LogP contribution in [0.5, 0.6) is 5.75 Å². The van der Waals surface area contributed by atoms with Crippen molar-refractivity contribution in [3.63, 3.8) is 0 Å². The Morgan fingerprint density at radius 3 is 2.61 bits per heavy atom. The quantitative estimate of drug-likeness (QED) is 0.808. The summed E-state index contributed by atoms with van der Waals surface area (Å²) in [6, 6.07) is 7.34. The Morgan fingerprint density at radius 1 is 1.11 bits per heavy atom. The van der Waals surface area contributed by atoms with E-state index < -0.39 is 0 Å². The van der Waals surface area contributed by atoms with Gasteiger partial charge in [0.15, 0.2) is 5.75 Å². The van der Waals surface area contributed by atoms with Crippen LogP contribution in [0.4, 0.5) is 5.69 Å². The molecule has 0 atom stereocenters. The molecule has 0 bridgehead atoms. The lowest BCUT2D eigenvalue weighted by Gasteiger charge is -2.28. The molecule has 4 nitrogen and oxygen atoms in total. The molecule has 1 aromatic heterocycles. The van der Waals surface area contributed by atoms with E-state index in [0.29, 0.717) is 16.6 Å². The fourth-order valence-electron chi connectivity index (χ4n) is 2.63. The minimum absolute atomic E-state index is 0.108. The molecular formula is C14H16N2O2. The number of nitrogens with one attached hydrogen (secondary N) is 1. The summed E-state index contributed by atoms with van der Waals surface area (Å²) >= 11 is 0. The highest BCUT2D eigenvalue weighted by molar-refractivity contribution is 5.89. The molecule has 0 saturated carbocycles. The average Bonchev–Trinajstić information content (AvgIpc) is 2.40. The summed E-state index contributed by atoms with van der Waals surface area (Å²) in [7, 11) is 0. The molecule has 1 saturated heterocycles. The number of fused-ring (bicyclic) bond motifs is 1. The summed E-state index contributed by atoms with van der Waals surface area (Å²) in [5.74, 6) is 0.108. The second kappa shape index (κ2) is 4.37. The lowest BCUT2D eigenvalue weighted by molar-refractivity contribution is 0.474. The van der Waals surface area contributed by atoms with Gasteiger partial charge in [-0.05, 0) is 31.4 Å². The van der Waals surface area contributed by atoms with E-state index in [2.05, 4.69) is 4.98 Å². The maximum atomic E-state index is 12.1. The Morgan fingerprint density at radius 2 is 1.83 bits per heavy atom. The zero-order chi connectivity index (χ0) is 12.5. The van der Waals surface area contributed by atoms with E-state index >= 15 is 0 Å². The number of piperidine rings is 1. The number of hydrogen-bond donors (Lipinski definition) is 2. The molecule has 1 aliphatic heterocycles. The Bertz CT molecular complexity index is 627. The van der Waals surface area contributed by atoms with Crippen molar-refractivity contribution in [3.8, 4) is 5.75 Å². The van der Waals surface area contributed by atoms with Crippen LogP contribution in [-0.2, 0) is 0 Å². The van der Waals surface area contributed by atoms with Crippen LogP contribution in [-0.4, -0.2) is 23.2 Å². The maximum Gasteiger partial charge on any atom is 0.275 e. The number of nitrogens with zero attached hydrogens (tertiary/aromatic N) is 1. The van der Waals surface area contributed by atoms with Crippen LogP contribution in [0.15, 0.2) is 29.1 Å². The molecule has 0 spiro atoms. The minimum Gasteiger partial charge on any atom is -0.505 e. The molecule has 0 radical (unpaired) electrons. The summed E-state index contributed by atoms with van der Waals surface area (Å²) in [5, 5.41) is 11.0. The van der Waals surface area contributed by atoms with E-state index in [1.165, 1.54) is 6.42 Å². The summed E-state index contributed by atoms with van der Waals surface area (Å²) in [6.07, 6.45) is 3.35. The third kappa shape index (κ3) is 1.74. The summed E-state index contributed by atoms with van der Waals surface area (Å²) in [4.78, 5) is 16.9. The van der Waals surface area contributed by atoms with Crippen LogP contribution >= 0.6 is 0 Å². The molecule has 2 aromatic rings. The molecule has 2 heterocycles. The van der Waals surface area contributed by atoms with Crippen molar-refractivity contribution in [1.82, 2.24) is 4.98 Å². The average molecular weight is 244 g/mol. The Balaban J connectivity index is 2.19. The van der Waals surface area contributed by atoms with Crippen molar-refractivity contribution in [2.75, 3.05) is 18.0 Å². The minimum atomic E-state index is -0.201. The van der Waals surface area contributed by atoms with Crippen LogP contribution < -0.4 is 10.5 Å². The van der Waals surface area contributed by atoms with Gasteiger partial charge in [0, 0.05) is 18.5 Å². The molecule has 0 unspecified atom stereocenters. The molecule has 4 heteroatoms. The van der Waals surface area contributed by atoms with Gasteiger partial charge in [-0.15, -0.1) is 0 Å². The van der Waals surface area contributed by atoms with E-state index in [4.69, 9.17) is 0 Å². The third-order valence-electron chi connectivity index (χ3n) is 3.54. The number of aromatic amines is 1. The number of benzene rings is 1. The van der Waals surface area contributed by atoms with Crippen molar-refractivity contribution < 1.29 is 5.11 Å². The topological polar surface area (TPSA) is 56.3 Å². The van der Waals surface area contributed by atoms with Crippen molar-refractivity contribution in [3.05, 3.63) is 34.6 Å². The van der Waals surface area contributed by atoms with Gasteiger partial charge in [-0.25, -0.2) is 0 Å². The third-order valence-corrected chi connectivity index (χ3v) is 3.54. The number of para-hydroxylation sites is 1. The molecule has 94 valence electrons. The van der Waals surface area contributed by atoms with Gasteiger partial charge in [0.1, 0.15) is 5.69 Å². The summed E-state index contributed by atoms with van der Waals surface area (Å²) in [5.41, 5.74) is 0.905. The standard InChI is InChI=1S/C14H16N2O2/c17-13-10-6-2-3-7-11(10)15-14(18)12(13)16-8-4-1-5-9-16/h2-3,6-7H,1,4-5,8-9H2,(H2,15,17,18). The molecule has 0 amide bonds.